The van der Waals surface area contributed by atoms with Crippen LogP contribution in [0, 0.1) is 11.3 Å². The second-order valence-electron chi connectivity index (χ2n) is 8.07. The van der Waals surface area contributed by atoms with Gasteiger partial charge < -0.3 is 20.4 Å². The molecule has 0 aromatic rings. The Morgan fingerprint density at radius 2 is 1.81 bits per heavy atom. The second kappa shape index (κ2) is 11.3. The van der Waals surface area contributed by atoms with Gasteiger partial charge >= 0.3 is 0 Å². The standard InChI is InChI=1S/C19H37N5O.HI/c1-20-18(21-12-7-16-8-13-24(4)14-9-16)22-15-19(10-5-6-11-19)17(25)23(2)3;/h16H,5-15H2,1-4H3,(H2,20,21,22);1H. The highest BCUT2D eigenvalue weighted by Gasteiger charge is 2.42. The number of hydrogen-bond donors (Lipinski definition) is 2. The molecule has 1 saturated carbocycles. The van der Waals surface area contributed by atoms with Gasteiger partial charge in [-0.05, 0) is 58.2 Å². The van der Waals surface area contributed by atoms with Crippen LogP contribution in [0.15, 0.2) is 4.99 Å². The molecule has 1 heterocycles. The van der Waals surface area contributed by atoms with Gasteiger partial charge in [-0.3, -0.25) is 9.79 Å². The molecule has 0 aromatic carbocycles. The molecule has 1 aliphatic carbocycles. The second-order valence-corrected chi connectivity index (χ2v) is 8.07. The monoisotopic (exact) mass is 479 g/mol. The maximum absolute atomic E-state index is 12.6. The van der Waals surface area contributed by atoms with Crippen molar-refractivity contribution in [3.63, 3.8) is 0 Å². The summed E-state index contributed by atoms with van der Waals surface area (Å²) in [5.74, 6) is 1.89. The van der Waals surface area contributed by atoms with Crippen LogP contribution in [0.2, 0.25) is 0 Å². The Bertz CT molecular complexity index is 455. The topological polar surface area (TPSA) is 60.0 Å². The fourth-order valence-corrected chi connectivity index (χ4v) is 4.21. The molecule has 0 aromatic heterocycles. The minimum absolute atomic E-state index is 0. The summed E-state index contributed by atoms with van der Waals surface area (Å²) >= 11 is 0. The van der Waals surface area contributed by atoms with E-state index in [1.54, 1.807) is 11.9 Å². The predicted octanol–water partition coefficient (Wildman–Crippen LogP) is 2.15. The van der Waals surface area contributed by atoms with E-state index < -0.39 is 0 Å². The highest BCUT2D eigenvalue weighted by atomic mass is 127. The SMILES string of the molecule is CN=C(NCCC1CCN(C)CC1)NCC1(C(=O)N(C)C)CCCC1.I. The molecular weight excluding hydrogens is 441 g/mol. The number of carbonyl (C=O) groups is 1. The lowest BCUT2D eigenvalue weighted by molar-refractivity contribution is -0.138. The highest BCUT2D eigenvalue weighted by molar-refractivity contribution is 14.0. The fourth-order valence-electron chi connectivity index (χ4n) is 4.21. The molecule has 0 radical (unpaired) electrons. The van der Waals surface area contributed by atoms with Crippen molar-refractivity contribution in [2.24, 2.45) is 16.3 Å². The molecule has 6 nitrogen and oxygen atoms in total. The number of rotatable bonds is 6. The van der Waals surface area contributed by atoms with Gasteiger partial charge in [-0.25, -0.2) is 0 Å². The van der Waals surface area contributed by atoms with Crippen LogP contribution in [0.3, 0.4) is 0 Å². The molecule has 0 bridgehead atoms. The third kappa shape index (κ3) is 6.55. The molecule has 2 fully saturated rings. The van der Waals surface area contributed by atoms with Crippen LogP contribution in [-0.2, 0) is 4.79 Å². The number of aliphatic imine (C=N–C) groups is 1. The van der Waals surface area contributed by atoms with Crippen LogP contribution < -0.4 is 10.6 Å². The van der Waals surface area contributed by atoms with E-state index in [-0.39, 0.29) is 35.3 Å². The molecule has 2 N–H and O–H groups in total. The van der Waals surface area contributed by atoms with E-state index in [1.165, 1.54) is 32.4 Å². The summed E-state index contributed by atoms with van der Waals surface area (Å²) in [5.41, 5.74) is -0.255. The quantitative estimate of drug-likeness (QED) is 0.348. The van der Waals surface area contributed by atoms with Gasteiger partial charge in [-0.15, -0.1) is 24.0 Å². The zero-order valence-corrected chi connectivity index (χ0v) is 19.3. The van der Waals surface area contributed by atoms with E-state index in [1.807, 2.05) is 14.1 Å². The maximum Gasteiger partial charge on any atom is 0.230 e. The Kier molecular flexibility index (Phi) is 10.2. The Morgan fingerprint density at radius 1 is 1.19 bits per heavy atom. The molecule has 0 atom stereocenters. The summed E-state index contributed by atoms with van der Waals surface area (Å²) in [6, 6.07) is 0. The Hall–Kier alpha value is -0.570. The summed E-state index contributed by atoms with van der Waals surface area (Å²) in [5, 5.41) is 6.85. The molecule has 7 heteroatoms. The number of piperidine rings is 1. The van der Waals surface area contributed by atoms with Crippen molar-refractivity contribution < 1.29 is 4.79 Å². The summed E-state index contributed by atoms with van der Waals surface area (Å²) in [4.78, 5) is 21.1. The van der Waals surface area contributed by atoms with E-state index in [4.69, 9.17) is 0 Å². The van der Waals surface area contributed by atoms with E-state index >= 15 is 0 Å². The third-order valence-electron chi connectivity index (χ3n) is 5.92. The van der Waals surface area contributed by atoms with Gasteiger partial charge in [0.25, 0.3) is 0 Å². The van der Waals surface area contributed by atoms with Gasteiger partial charge in [-0.1, -0.05) is 12.8 Å². The Labute approximate surface area is 176 Å². The van der Waals surface area contributed by atoms with E-state index in [2.05, 4.69) is 27.6 Å². The zero-order valence-electron chi connectivity index (χ0n) is 17.0. The molecule has 0 unspecified atom stereocenters. The number of guanidine groups is 1. The first-order valence-corrected chi connectivity index (χ1v) is 9.82. The normalized spacial score (nSPS) is 21.2. The first-order valence-electron chi connectivity index (χ1n) is 9.82. The number of likely N-dealkylation sites (tertiary alicyclic amines) is 1. The van der Waals surface area contributed by atoms with Crippen molar-refractivity contribution in [1.82, 2.24) is 20.4 Å². The van der Waals surface area contributed by atoms with Gasteiger partial charge in [0, 0.05) is 34.2 Å². The maximum atomic E-state index is 12.6. The van der Waals surface area contributed by atoms with Crippen molar-refractivity contribution in [2.75, 3.05) is 54.4 Å². The minimum Gasteiger partial charge on any atom is -0.356 e. The first-order chi connectivity index (χ1) is 12.0. The summed E-state index contributed by atoms with van der Waals surface area (Å²) in [6.07, 6.45) is 8.02. The number of halogens is 1. The molecule has 1 aliphatic heterocycles. The third-order valence-corrected chi connectivity index (χ3v) is 5.92. The number of nitrogens with one attached hydrogen (secondary N) is 2. The van der Waals surface area contributed by atoms with Crippen molar-refractivity contribution in [3.8, 4) is 0 Å². The number of hydrogen-bond acceptors (Lipinski definition) is 3. The average Bonchev–Trinajstić information content (AvgIpc) is 3.08. The lowest BCUT2D eigenvalue weighted by Gasteiger charge is -2.31. The van der Waals surface area contributed by atoms with Crippen LogP contribution >= 0.6 is 24.0 Å². The highest BCUT2D eigenvalue weighted by Crippen LogP contribution is 2.38. The average molecular weight is 479 g/mol. The van der Waals surface area contributed by atoms with Crippen molar-refractivity contribution in [3.05, 3.63) is 0 Å². The molecule has 1 amide bonds. The van der Waals surface area contributed by atoms with Crippen molar-refractivity contribution >= 4 is 35.8 Å². The minimum atomic E-state index is -0.255. The summed E-state index contributed by atoms with van der Waals surface area (Å²) in [6.45, 7) is 4.06. The van der Waals surface area contributed by atoms with Crippen LogP contribution in [0.5, 0.6) is 0 Å². The van der Waals surface area contributed by atoms with Gasteiger partial charge in [0.1, 0.15) is 0 Å². The van der Waals surface area contributed by atoms with Crippen LogP contribution in [-0.4, -0.2) is 76.0 Å². The van der Waals surface area contributed by atoms with Gasteiger partial charge in [0.15, 0.2) is 5.96 Å². The lowest BCUT2D eigenvalue weighted by atomic mass is 9.84. The number of nitrogens with zero attached hydrogens (tertiary/aromatic N) is 3. The number of amides is 1. The number of carbonyl (C=O) groups excluding carboxylic acids is 1. The first kappa shape index (κ1) is 23.5. The van der Waals surface area contributed by atoms with Crippen LogP contribution in [0.25, 0.3) is 0 Å². The van der Waals surface area contributed by atoms with Crippen molar-refractivity contribution in [2.45, 2.75) is 44.9 Å². The fraction of sp³-hybridized carbons (Fsp3) is 0.895. The molecule has 1 saturated heterocycles. The van der Waals surface area contributed by atoms with Crippen LogP contribution in [0.4, 0.5) is 0 Å². The Balaban J connectivity index is 0.00000338. The van der Waals surface area contributed by atoms with E-state index in [0.717, 1.165) is 44.1 Å². The van der Waals surface area contributed by atoms with Gasteiger partial charge in [0.05, 0.1) is 5.41 Å². The largest absolute Gasteiger partial charge is 0.356 e. The molecule has 0 spiro atoms. The molecular formula is C19H38IN5O. The van der Waals surface area contributed by atoms with Crippen LogP contribution in [0.1, 0.15) is 44.9 Å². The zero-order chi connectivity index (χ0) is 18.3. The molecule has 2 aliphatic rings. The Morgan fingerprint density at radius 3 is 2.35 bits per heavy atom. The molecule has 152 valence electrons. The van der Waals surface area contributed by atoms with Gasteiger partial charge in [-0.2, -0.15) is 0 Å². The van der Waals surface area contributed by atoms with E-state index in [0.29, 0.717) is 6.54 Å². The molecule has 2 rings (SSSR count). The molecule has 26 heavy (non-hydrogen) atoms. The summed E-state index contributed by atoms with van der Waals surface area (Å²) in [7, 11) is 7.72. The van der Waals surface area contributed by atoms with Crippen molar-refractivity contribution in [1.29, 1.82) is 0 Å². The predicted molar refractivity (Wildman–Crippen MR) is 119 cm³/mol. The van der Waals surface area contributed by atoms with Gasteiger partial charge in [0.2, 0.25) is 5.91 Å². The summed E-state index contributed by atoms with van der Waals surface area (Å²) < 4.78 is 0. The lowest BCUT2D eigenvalue weighted by Crippen LogP contribution is -2.49. The van der Waals surface area contributed by atoms with E-state index in [9.17, 15) is 4.79 Å². The smallest absolute Gasteiger partial charge is 0.230 e.